The number of anilines is 2. The minimum Gasteiger partial charge on any atom is -0.495 e. The van der Waals surface area contributed by atoms with Crippen molar-refractivity contribution in [3.63, 3.8) is 0 Å². The third kappa shape index (κ3) is 5.99. The molecule has 2 N–H and O–H groups in total. The molecule has 2 aromatic carbocycles. The maximum Gasteiger partial charge on any atom is 0.225 e. The van der Waals surface area contributed by atoms with Crippen LogP contribution < -0.4 is 15.4 Å². The van der Waals surface area contributed by atoms with Crippen LogP contribution in [0.5, 0.6) is 5.75 Å². The highest BCUT2D eigenvalue weighted by atomic mass is 35.5. The van der Waals surface area contributed by atoms with Gasteiger partial charge in [-0.2, -0.15) is 0 Å². The molecular formula is C18H19ClN2O3S. The van der Waals surface area contributed by atoms with Gasteiger partial charge in [-0.3, -0.25) is 9.59 Å². The Morgan fingerprint density at radius 3 is 2.60 bits per heavy atom. The van der Waals surface area contributed by atoms with Crippen LogP contribution in [0.4, 0.5) is 11.4 Å². The largest absolute Gasteiger partial charge is 0.495 e. The summed E-state index contributed by atoms with van der Waals surface area (Å²) in [5.74, 6) is 0.823. The van der Waals surface area contributed by atoms with Gasteiger partial charge in [-0.15, -0.1) is 11.8 Å². The first kappa shape index (κ1) is 19.1. The Morgan fingerprint density at radius 1 is 1.16 bits per heavy atom. The normalized spacial score (nSPS) is 10.2. The second kappa shape index (κ2) is 9.34. The Kier molecular flexibility index (Phi) is 7.16. The first-order chi connectivity index (χ1) is 12.0. The lowest BCUT2D eigenvalue weighted by Crippen LogP contribution is -2.13. The molecule has 2 aromatic rings. The van der Waals surface area contributed by atoms with E-state index in [0.717, 1.165) is 4.90 Å². The zero-order valence-corrected chi connectivity index (χ0v) is 15.5. The second-order valence-electron chi connectivity index (χ2n) is 5.17. The van der Waals surface area contributed by atoms with E-state index < -0.39 is 0 Å². The number of benzene rings is 2. The van der Waals surface area contributed by atoms with E-state index in [1.165, 1.54) is 25.8 Å². The summed E-state index contributed by atoms with van der Waals surface area (Å²) in [5.41, 5.74) is 1.11. The molecule has 0 spiro atoms. The highest BCUT2D eigenvalue weighted by molar-refractivity contribution is 7.99. The first-order valence-electron chi connectivity index (χ1n) is 7.62. The van der Waals surface area contributed by atoms with Gasteiger partial charge in [0.25, 0.3) is 0 Å². The number of amides is 2. The Balaban J connectivity index is 1.91. The zero-order valence-electron chi connectivity index (χ0n) is 14.0. The summed E-state index contributed by atoms with van der Waals surface area (Å²) in [6.45, 7) is 1.41. The zero-order chi connectivity index (χ0) is 18.2. The summed E-state index contributed by atoms with van der Waals surface area (Å²) in [6.07, 6.45) is 0.345. The third-order valence-electron chi connectivity index (χ3n) is 3.22. The van der Waals surface area contributed by atoms with Gasteiger partial charge < -0.3 is 15.4 Å². The molecule has 0 aliphatic rings. The molecule has 0 saturated heterocycles. The van der Waals surface area contributed by atoms with E-state index in [9.17, 15) is 9.59 Å². The van der Waals surface area contributed by atoms with Crippen molar-refractivity contribution in [2.24, 2.45) is 0 Å². The standard InChI is InChI=1S/C18H19ClN2O3S/c1-12(22)20-15-11-13(7-8-16(15)24-2)21-18(23)9-10-25-17-6-4-3-5-14(17)19/h3-8,11H,9-10H2,1-2H3,(H,20,22)(H,21,23). The van der Waals surface area contributed by atoms with Gasteiger partial charge in [-0.25, -0.2) is 0 Å². The fourth-order valence-corrected chi connectivity index (χ4v) is 3.30. The minimum atomic E-state index is -0.210. The molecule has 0 aliphatic heterocycles. The average molecular weight is 379 g/mol. The SMILES string of the molecule is COc1ccc(NC(=O)CCSc2ccccc2Cl)cc1NC(C)=O. The number of thioether (sulfide) groups is 1. The lowest BCUT2D eigenvalue weighted by atomic mass is 10.2. The highest BCUT2D eigenvalue weighted by Gasteiger charge is 2.09. The molecule has 0 bridgehead atoms. The van der Waals surface area contributed by atoms with Gasteiger partial charge in [0.2, 0.25) is 11.8 Å². The van der Waals surface area contributed by atoms with Crippen molar-refractivity contribution < 1.29 is 14.3 Å². The van der Waals surface area contributed by atoms with Crippen LogP contribution in [0.3, 0.4) is 0 Å². The van der Waals surface area contributed by atoms with Gasteiger partial charge in [-0.05, 0) is 30.3 Å². The monoisotopic (exact) mass is 378 g/mol. The van der Waals surface area contributed by atoms with Crippen molar-refractivity contribution in [1.29, 1.82) is 0 Å². The van der Waals surface area contributed by atoms with E-state index in [1.54, 1.807) is 18.2 Å². The molecule has 2 rings (SSSR count). The Labute approximate surface area is 156 Å². The van der Waals surface area contributed by atoms with Crippen LogP contribution in [-0.4, -0.2) is 24.7 Å². The number of ether oxygens (including phenoxy) is 1. The van der Waals surface area contributed by atoms with E-state index in [0.29, 0.717) is 34.3 Å². The first-order valence-corrected chi connectivity index (χ1v) is 8.98. The van der Waals surface area contributed by atoms with Gasteiger partial charge in [0.1, 0.15) is 5.75 Å². The van der Waals surface area contributed by atoms with Crippen molar-refractivity contribution in [2.45, 2.75) is 18.2 Å². The molecule has 0 aromatic heterocycles. The lowest BCUT2D eigenvalue weighted by molar-refractivity contribution is -0.116. The second-order valence-corrected chi connectivity index (χ2v) is 6.72. The predicted octanol–water partition coefficient (Wildman–Crippen LogP) is 4.43. The van der Waals surface area contributed by atoms with Crippen molar-refractivity contribution in [1.82, 2.24) is 0 Å². The predicted molar refractivity (Wildman–Crippen MR) is 103 cm³/mol. The Morgan fingerprint density at radius 2 is 1.92 bits per heavy atom. The fraction of sp³-hybridized carbons (Fsp3) is 0.222. The average Bonchev–Trinajstić information content (AvgIpc) is 2.56. The molecule has 0 atom stereocenters. The van der Waals surface area contributed by atoms with Crippen LogP contribution in [0.1, 0.15) is 13.3 Å². The topological polar surface area (TPSA) is 67.4 Å². The molecule has 0 saturated carbocycles. The van der Waals surface area contributed by atoms with Gasteiger partial charge >= 0.3 is 0 Å². The number of nitrogens with one attached hydrogen (secondary N) is 2. The molecular weight excluding hydrogens is 360 g/mol. The third-order valence-corrected chi connectivity index (χ3v) is 4.73. The van der Waals surface area contributed by atoms with Crippen molar-refractivity contribution in [3.8, 4) is 5.75 Å². The van der Waals surface area contributed by atoms with Crippen LogP contribution in [0.2, 0.25) is 5.02 Å². The van der Waals surface area contributed by atoms with Crippen LogP contribution in [0.25, 0.3) is 0 Å². The smallest absolute Gasteiger partial charge is 0.225 e. The molecule has 25 heavy (non-hydrogen) atoms. The Bertz CT molecular complexity index is 768. The van der Waals surface area contributed by atoms with E-state index in [-0.39, 0.29) is 11.8 Å². The number of methoxy groups -OCH3 is 1. The van der Waals surface area contributed by atoms with Gasteiger partial charge in [0.05, 0.1) is 17.8 Å². The summed E-state index contributed by atoms with van der Waals surface area (Å²) >= 11 is 7.62. The van der Waals surface area contributed by atoms with Crippen LogP contribution in [-0.2, 0) is 9.59 Å². The van der Waals surface area contributed by atoms with Crippen LogP contribution >= 0.6 is 23.4 Å². The van der Waals surface area contributed by atoms with E-state index in [2.05, 4.69) is 10.6 Å². The summed E-state index contributed by atoms with van der Waals surface area (Å²) in [5, 5.41) is 6.17. The maximum absolute atomic E-state index is 12.1. The number of carbonyl (C=O) groups is 2. The van der Waals surface area contributed by atoms with E-state index >= 15 is 0 Å². The van der Waals surface area contributed by atoms with Crippen molar-refractivity contribution in [2.75, 3.05) is 23.5 Å². The molecule has 7 heteroatoms. The summed E-state index contributed by atoms with van der Waals surface area (Å²) < 4.78 is 5.19. The fourth-order valence-electron chi connectivity index (χ4n) is 2.11. The van der Waals surface area contributed by atoms with Crippen molar-refractivity contribution in [3.05, 3.63) is 47.5 Å². The molecule has 0 fully saturated rings. The molecule has 0 unspecified atom stereocenters. The number of hydrogen-bond acceptors (Lipinski definition) is 4. The van der Waals surface area contributed by atoms with Gasteiger partial charge in [-0.1, -0.05) is 23.7 Å². The maximum atomic E-state index is 12.1. The molecule has 0 radical (unpaired) electrons. The lowest BCUT2D eigenvalue weighted by Gasteiger charge is -2.12. The highest BCUT2D eigenvalue weighted by Crippen LogP contribution is 2.29. The number of halogens is 1. The molecule has 2 amide bonds. The summed E-state index contributed by atoms with van der Waals surface area (Å²) in [7, 11) is 1.52. The van der Waals surface area contributed by atoms with Crippen LogP contribution in [0, 0.1) is 0 Å². The minimum absolute atomic E-state index is 0.113. The molecule has 132 valence electrons. The molecule has 0 aliphatic carbocycles. The molecule has 0 heterocycles. The quantitative estimate of drug-likeness (QED) is 0.699. The molecule has 5 nitrogen and oxygen atoms in total. The number of rotatable bonds is 7. The van der Waals surface area contributed by atoms with Gasteiger partial charge in [0.15, 0.2) is 0 Å². The van der Waals surface area contributed by atoms with Gasteiger partial charge in [0, 0.05) is 29.7 Å². The van der Waals surface area contributed by atoms with Crippen molar-refractivity contribution >= 4 is 46.6 Å². The Hall–Kier alpha value is -2.18. The van der Waals surface area contributed by atoms with E-state index in [1.807, 2.05) is 24.3 Å². The summed E-state index contributed by atoms with van der Waals surface area (Å²) in [4.78, 5) is 24.3. The number of hydrogen-bond donors (Lipinski definition) is 2. The van der Waals surface area contributed by atoms with Crippen LogP contribution in [0.15, 0.2) is 47.4 Å². The number of carbonyl (C=O) groups excluding carboxylic acids is 2. The summed E-state index contributed by atoms with van der Waals surface area (Å²) in [6, 6.07) is 12.6. The van der Waals surface area contributed by atoms with E-state index in [4.69, 9.17) is 16.3 Å².